The van der Waals surface area contributed by atoms with Gasteiger partial charge in [-0.2, -0.15) is 0 Å². The van der Waals surface area contributed by atoms with E-state index in [4.69, 9.17) is 4.74 Å². The summed E-state index contributed by atoms with van der Waals surface area (Å²) in [7, 11) is 0. The summed E-state index contributed by atoms with van der Waals surface area (Å²) < 4.78 is 5.22. The molecule has 0 radical (unpaired) electrons. The van der Waals surface area contributed by atoms with Crippen LogP contribution in [0, 0.1) is 21.7 Å². The summed E-state index contributed by atoms with van der Waals surface area (Å²) in [5.74, 6) is -0.704. The van der Waals surface area contributed by atoms with Crippen LogP contribution in [0.3, 0.4) is 0 Å². The highest BCUT2D eigenvalue weighted by molar-refractivity contribution is 5.95. The van der Waals surface area contributed by atoms with Gasteiger partial charge in [0.2, 0.25) is 0 Å². The number of ether oxygens (including phenoxy) is 1. The summed E-state index contributed by atoms with van der Waals surface area (Å²) in [5.41, 5.74) is -1.34. The zero-order valence-corrected chi connectivity index (χ0v) is 15.1. The van der Waals surface area contributed by atoms with Gasteiger partial charge in [-0.1, -0.05) is 48.0 Å². The maximum absolute atomic E-state index is 12.4. The molecule has 122 valence electrons. The quantitative estimate of drug-likeness (QED) is 0.544. The van der Waals surface area contributed by atoms with Gasteiger partial charge in [-0.25, -0.2) is 0 Å². The van der Waals surface area contributed by atoms with Crippen LogP contribution in [0.4, 0.5) is 0 Å². The van der Waals surface area contributed by atoms with Crippen LogP contribution >= 0.6 is 0 Å². The molecule has 1 rings (SSSR count). The van der Waals surface area contributed by atoms with Crippen molar-refractivity contribution in [3.63, 3.8) is 0 Å². The average molecular weight is 296 g/mol. The van der Waals surface area contributed by atoms with Gasteiger partial charge in [0.05, 0.1) is 10.8 Å². The Kier molecular flexibility index (Phi) is 4.68. The summed E-state index contributed by atoms with van der Waals surface area (Å²) in [4.78, 5) is 24.8. The highest BCUT2D eigenvalue weighted by Gasteiger charge is 2.58. The van der Waals surface area contributed by atoms with Crippen molar-refractivity contribution in [2.75, 3.05) is 0 Å². The van der Waals surface area contributed by atoms with Crippen molar-refractivity contribution in [3.8, 4) is 0 Å². The molecule has 0 amide bonds. The van der Waals surface area contributed by atoms with Gasteiger partial charge in [-0.15, -0.1) is 0 Å². The summed E-state index contributed by atoms with van der Waals surface area (Å²) in [6, 6.07) is 0. The molecule has 1 saturated heterocycles. The maximum atomic E-state index is 12.4. The number of hydrogen-bond donors (Lipinski definition) is 0. The van der Waals surface area contributed by atoms with Crippen LogP contribution in [0.1, 0.15) is 81.1 Å². The van der Waals surface area contributed by atoms with Gasteiger partial charge in [-0.05, 0) is 43.9 Å². The molecule has 3 nitrogen and oxygen atoms in total. The van der Waals surface area contributed by atoms with E-state index < -0.39 is 10.8 Å². The van der Waals surface area contributed by atoms with Crippen LogP contribution in [-0.4, -0.2) is 11.9 Å². The van der Waals surface area contributed by atoms with Crippen LogP contribution in [-0.2, 0) is 14.3 Å². The van der Waals surface area contributed by atoms with Crippen LogP contribution < -0.4 is 0 Å². The number of esters is 2. The molecule has 0 bridgehead atoms. The average Bonchev–Trinajstić information content (AvgIpc) is 2.35. The molecule has 1 aliphatic rings. The fraction of sp³-hybridized carbons (Fsp3) is 0.889. The Bertz CT molecular complexity index is 436. The van der Waals surface area contributed by atoms with Crippen LogP contribution in [0.5, 0.6) is 0 Å². The van der Waals surface area contributed by atoms with E-state index in [1.54, 1.807) is 0 Å². The second-order valence-corrected chi connectivity index (χ2v) is 8.68. The molecule has 0 aromatic rings. The van der Waals surface area contributed by atoms with Crippen molar-refractivity contribution in [2.24, 2.45) is 21.7 Å². The molecule has 1 aliphatic heterocycles. The van der Waals surface area contributed by atoms with Gasteiger partial charge in [0, 0.05) is 0 Å². The minimum absolute atomic E-state index is 0.0609. The topological polar surface area (TPSA) is 43.4 Å². The van der Waals surface area contributed by atoms with Crippen molar-refractivity contribution in [2.45, 2.75) is 81.1 Å². The Hall–Kier alpha value is -0.860. The van der Waals surface area contributed by atoms with E-state index >= 15 is 0 Å². The standard InChI is InChI=1S/C18H32O3/c1-9-15(3,4)11-17(7)12-18(8,16(5,6)10-2)14(20)21-13(17)19/h9-12H2,1-8H3. The molecular weight excluding hydrogens is 264 g/mol. The molecule has 0 aromatic heterocycles. The third kappa shape index (κ3) is 3.17. The van der Waals surface area contributed by atoms with E-state index in [-0.39, 0.29) is 22.8 Å². The number of carbonyl (C=O) groups excluding carboxylic acids is 2. The van der Waals surface area contributed by atoms with Crippen molar-refractivity contribution in [1.82, 2.24) is 0 Å². The normalized spacial score (nSPS) is 31.2. The Morgan fingerprint density at radius 2 is 1.52 bits per heavy atom. The SMILES string of the molecule is CCC(C)(C)CC1(C)CC(C)(C(C)(C)CC)C(=O)OC1=O. The first kappa shape index (κ1) is 18.2. The van der Waals surface area contributed by atoms with Gasteiger partial charge in [0.15, 0.2) is 0 Å². The zero-order chi connectivity index (χ0) is 16.7. The van der Waals surface area contributed by atoms with Crippen molar-refractivity contribution in [1.29, 1.82) is 0 Å². The second kappa shape index (κ2) is 5.40. The third-order valence-electron chi connectivity index (χ3n) is 6.08. The Labute approximate surface area is 129 Å². The lowest BCUT2D eigenvalue weighted by atomic mass is 9.55. The molecule has 21 heavy (non-hydrogen) atoms. The largest absolute Gasteiger partial charge is 0.392 e. The number of hydrogen-bond acceptors (Lipinski definition) is 3. The lowest BCUT2D eigenvalue weighted by molar-refractivity contribution is -0.194. The maximum Gasteiger partial charge on any atom is 0.320 e. The molecule has 1 fully saturated rings. The molecule has 2 atom stereocenters. The molecule has 0 aromatic carbocycles. The summed E-state index contributed by atoms with van der Waals surface area (Å²) in [6.45, 7) is 16.7. The van der Waals surface area contributed by atoms with Gasteiger partial charge in [0.25, 0.3) is 0 Å². The third-order valence-corrected chi connectivity index (χ3v) is 6.08. The smallest absolute Gasteiger partial charge is 0.320 e. The van der Waals surface area contributed by atoms with Gasteiger partial charge < -0.3 is 4.74 Å². The minimum atomic E-state index is -0.617. The predicted molar refractivity (Wildman–Crippen MR) is 84.7 cm³/mol. The molecule has 1 heterocycles. The fourth-order valence-corrected chi connectivity index (χ4v) is 3.47. The van der Waals surface area contributed by atoms with E-state index in [2.05, 4.69) is 41.5 Å². The molecule has 0 aliphatic carbocycles. The second-order valence-electron chi connectivity index (χ2n) is 8.68. The molecule has 0 saturated carbocycles. The van der Waals surface area contributed by atoms with Gasteiger partial charge in [0.1, 0.15) is 0 Å². The lowest BCUT2D eigenvalue weighted by Gasteiger charge is -2.50. The summed E-state index contributed by atoms with van der Waals surface area (Å²) >= 11 is 0. The van der Waals surface area contributed by atoms with Crippen molar-refractivity contribution in [3.05, 3.63) is 0 Å². The predicted octanol–water partition coefficient (Wildman–Crippen LogP) is 4.74. The lowest BCUT2D eigenvalue weighted by Crippen LogP contribution is -2.54. The fourth-order valence-electron chi connectivity index (χ4n) is 3.47. The van der Waals surface area contributed by atoms with Crippen LogP contribution in [0.15, 0.2) is 0 Å². The van der Waals surface area contributed by atoms with Gasteiger partial charge >= 0.3 is 11.9 Å². The van der Waals surface area contributed by atoms with Crippen LogP contribution in [0.2, 0.25) is 0 Å². The number of carbonyl (C=O) groups is 2. The summed E-state index contributed by atoms with van der Waals surface area (Å²) in [6.07, 6.45) is 3.19. The minimum Gasteiger partial charge on any atom is -0.392 e. The first-order valence-electron chi connectivity index (χ1n) is 8.10. The van der Waals surface area contributed by atoms with E-state index in [9.17, 15) is 9.59 Å². The first-order valence-corrected chi connectivity index (χ1v) is 8.10. The molecule has 2 unspecified atom stereocenters. The Morgan fingerprint density at radius 1 is 1.00 bits per heavy atom. The molecule has 0 spiro atoms. The Balaban J connectivity index is 3.20. The van der Waals surface area contributed by atoms with Crippen LogP contribution in [0.25, 0.3) is 0 Å². The van der Waals surface area contributed by atoms with Gasteiger partial charge in [-0.3, -0.25) is 9.59 Å². The monoisotopic (exact) mass is 296 g/mol. The number of cyclic esters (lactones) is 2. The molecule has 0 N–H and O–H groups in total. The first-order chi connectivity index (χ1) is 9.33. The molecular formula is C18H32O3. The van der Waals surface area contributed by atoms with Crippen molar-refractivity contribution < 1.29 is 14.3 Å². The van der Waals surface area contributed by atoms with E-state index in [1.165, 1.54) is 0 Å². The highest BCUT2D eigenvalue weighted by atomic mass is 16.6. The Morgan fingerprint density at radius 3 is 1.95 bits per heavy atom. The van der Waals surface area contributed by atoms with E-state index in [1.807, 2.05) is 13.8 Å². The van der Waals surface area contributed by atoms with E-state index in [0.29, 0.717) is 6.42 Å². The molecule has 3 heteroatoms. The van der Waals surface area contributed by atoms with E-state index in [0.717, 1.165) is 19.3 Å². The zero-order valence-electron chi connectivity index (χ0n) is 15.1. The summed E-state index contributed by atoms with van der Waals surface area (Å²) in [5, 5.41) is 0. The number of rotatable bonds is 5. The highest BCUT2D eigenvalue weighted by Crippen LogP contribution is 2.55. The van der Waals surface area contributed by atoms with Crippen molar-refractivity contribution >= 4 is 11.9 Å².